The third kappa shape index (κ3) is 1.16. The summed E-state index contributed by atoms with van der Waals surface area (Å²) in [4.78, 5) is 11.0. The van der Waals surface area contributed by atoms with E-state index in [1.165, 1.54) is 7.11 Å². The Labute approximate surface area is 65.0 Å². The maximum absolute atomic E-state index is 11.0. The van der Waals surface area contributed by atoms with Crippen molar-refractivity contribution in [3.8, 4) is 0 Å². The van der Waals surface area contributed by atoms with Crippen molar-refractivity contribution in [1.82, 2.24) is 0 Å². The fourth-order valence-electron chi connectivity index (χ4n) is 1.42. The molecule has 3 heteroatoms. The Morgan fingerprint density at radius 2 is 2.64 bits per heavy atom. The molecule has 2 aliphatic rings. The zero-order valence-corrected chi connectivity index (χ0v) is 6.37. The zero-order chi connectivity index (χ0) is 7.84. The number of methoxy groups -OCH3 is 1. The van der Waals surface area contributed by atoms with Crippen LogP contribution in [0.15, 0.2) is 11.6 Å². The number of ether oxygens (including phenoxy) is 2. The lowest BCUT2D eigenvalue weighted by molar-refractivity contribution is -0.136. The van der Waals surface area contributed by atoms with Crippen molar-refractivity contribution in [3.05, 3.63) is 11.6 Å². The van der Waals surface area contributed by atoms with Crippen LogP contribution in [-0.2, 0) is 14.3 Å². The van der Waals surface area contributed by atoms with Crippen molar-refractivity contribution in [2.24, 2.45) is 0 Å². The lowest BCUT2D eigenvalue weighted by Crippen LogP contribution is -2.10. The topological polar surface area (TPSA) is 38.8 Å². The van der Waals surface area contributed by atoms with Gasteiger partial charge in [-0.25, -0.2) is 4.79 Å². The quantitative estimate of drug-likeness (QED) is 0.411. The van der Waals surface area contributed by atoms with Crippen LogP contribution in [0.1, 0.15) is 12.8 Å². The summed E-state index contributed by atoms with van der Waals surface area (Å²) in [5.41, 5.74) is 0.770. The highest BCUT2D eigenvalue weighted by atomic mass is 16.6. The predicted octanol–water partition coefficient (Wildman–Crippen LogP) is 0.647. The Hall–Kier alpha value is -0.830. The normalized spacial score (nSPS) is 33.7. The molecule has 2 rings (SSSR count). The number of epoxide rings is 1. The molecule has 1 heterocycles. The second kappa shape index (κ2) is 2.34. The Kier molecular flexibility index (Phi) is 1.46. The first-order chi connectivity index (χ1) is 5.31. The van der Waals surface area contributed by atoms with Crippen LogP contribution in [0.4, 0.5) is 0 Å². The van der Waals surface area contributed by atoms with E-state index in [4.69, 9.17) is 4.74 Å². The van der Waals surface area contributed by atoms with Crippen LogP contribution in [0.2, 0.25) is 0 Å². The van der Waals surface area contributed by atoms with Gasteiger partial charge in [0.05, 0.1) is 13.2 Å². The lowest BCUT2D eigenvalue weighted by atomic mass is 10.00. The smallest absolute Gasteiger partial charge is 0.333 e. The standard InChI is InChI=1S/C8H10O3/c1-10-8(9)5-2-3-6-7(4-5)11-6/h4,6-7H,2-3H2,1H3. The third-order valence-electron chi connectivity index (χ3n) is 2.13. The second-order valence-corrected chi connectivity index (χ2v) is 2.86. The van der Waals surface area contributed by atoms with Gasteiger partial charge in [0.2, 0.25) is 0 Å². The minimum atomic E-state index is -0.209. The highest BCUT2D eigenvalue weighted by molar-refractivity contribution is 5.88. The van der Waals surface area contributed by atoms with Crippen molar-refractivity contribution in [3.63, 3.8) is 0 Å². The van der Waals surface area contributed by atoms with Gasteiger partial charge in [0, 0.05) is 5.57 Å². The number of hydrogen-bond acceptors (Lipinski definition) is 3. The Morgan fingerprint density at radius 1 is 1.82 bits per heavy atom. The van der Waals surface area contributed by atoms with Crippen molar-refractivity contribution in [1.29, 1.82) is 0 Å². The maximum Gasteiger partial charge on any atom is 0.333 e. The number of rotatable bonds is 1. The van der Waals surface area contributed by atoms with Crippen LogP contribution < -0.4 is 0 Å². The molecule has 0 bridgehead atoms. The van der Waals surface area contributed by atoms with Crippen molar-refractivity contribution < 1.29 is 14.3 Å². The molecule has 0 aromatic carbocycles. The van der Waals surface area contributed by atoms with Gasteiger partial charge in [-0.1, -0.05) is 0 Å². The molecular formula is C8H10O3. The van der Waals surface area contributed by atoms with E-state index >= 15 is 0 Å². The van der Waals surface area contributed by atoms with E-state index in [0.29, 0.717) is 6.10 Å². The second-order valence-electron chi connectivity index (χ2n) is 2.86. The van der Waals surface area contributed by atoms with Gasteiger partial charge in [-0.15, -0.1) is 0 Å². The zero-order valence-electron chi connectivity index (χ0n) is 6.37. The van der Waals surface area contributed by atoms with Crippen LogP contribution >= 0.6 is 0 Å². The van der Waals surface area contributed by atoms with Crippen molar-refractivity contribution in [2.75, 3.05) is 7.11 Å². The summed E-state index contributed by atoms with van der Waals surface area (Å²) in [6.07, 6.45) is 4.24. The number of carbonyl (C=O) groups excluding carboxylic acids is 1. The molecule has 2 unspecified atom stereocenters. The van der Waals surface area contributed by atoms with Crippen LogP contribution in [0.25, 0.3) is 0 Å². The van der Waals surface area contributed by atoms with E-state index in [-0.39, 0.29) is 12.1 Å². The van der Waals surface area contributed by atoms with E-state index in [9.17, 15) is 4.79 Å². The number of hydrogen-bond donors (Lipinski definition) is 0. The van der Waals surface area contributed by atoms with E-state index in [1.807, 2.05) is 6.08 Å². The summed E-state index contributed by atoms with van der Waals surface area (Å²) >= 11 is 0. The van der Waals surface area contributed by atoms with E-state index in [1.54, 1.807) is 0 Å². The molecule has 11 heavy (non-hydrogen) atoms. The van der Waals surface area contributed by atoms with Gasteiger partial charge in [0.25, 0.3) is 0 Å². The molecule has 3 nitrogen and oxygen atoms in total. The summed E-state index contributed by atoms with van der Waals surface area (Å²) in [7, 11) is 1.41. The summed E-state index contributed by atoms with van der Waals surface area (Å²) in [5.74, 6) is -0.209. The minimum absolute atomic E-state index is 0.206. The molecule has 0 spiro atoms. The highest BCUT2D eigenvalue weighted by Gasteiger charge is 2.40. The molecular weight excluding hydrogens is 144 g/mol. The molecule has 0 aromatic rings. The summed E-state index contributed by atoms with van der Waals surface area (Å²) < 4.78 is 9.81. The Morgan fingerprint density at radius 3 is 3.27 bits per heavy atom. The molecule has 0 saturated carbocycles. The first kappa shape index (κ1) is 6.85. The fourth-order valence-corrected chi connectivity index (χ4v) is 1.42. The predicted molar refractivity (Wildman–Crippen MR) is 38.0 cm³/mol. The molecule has 0 radical (unpaired) electrons. The third-order valence-corrected chi connectivity index (χ3v) is 2.13. The highest BCUT2D eigenvalue weighted by Crippen LogP contribution is 2.35. The van der Waals surface area contributed by atoms with Crippen molar-refractivity contribution >= 4 is 5.97 Å². The largest absolute Gasteiger partial charge is 0.466 e. The van der Waals surface area contributed by atoms with Crippen LogP contribution in [0, 0.1) is 0 Å². The molecule has 1 fully saturated rings. The SMILES string of the molecule is COC(=O)C1=CC2OC2CC1. The first-order valence-corrected chi connectivity index (χ1v) is 3.76. The summed E-state index contributed by atoms with van der Waals surface area (Å²) in [6, 6.07) is 0. The molecule has 0 N–H and O–H groups in total. The van der Waals surface area contributed by atoms with Crippen LogP contribution in [0.3, 0.4) is 0 Å². The van der Waals surface area contributed by atoms with Gasteiger partial charge >= 0.3 is 5.97 Å². The van der Waals surface area contributed by atoms with Crippen LogP contribution in [-0.4, -0.2) is 25.3 Å². The van der Waals surface area contributed by atoms with Gasteiger partial charge in [-0.05, 0) is 18.9 Å². The van der Waals surface area contributed by atoms with Crippen molar-refractivity contribution in [2.45, 2.75) is 25.0 Å². The lowest BCUT2D eigenvalue weighted by Gasteiger charge is -2.06. The number of esters is 1. The molecule has 1 saturated heterocycles. The summed E-state index contributed by atoms with van der Waals surface area (Å²) in [5, 5.41) is 0. The Bertz CT molecular complexity index is 219. The average molecular weight is 154 g/mol. The fraction of sp³-hybridized carbons (Fsp3) is 0.625. The van der Waals surface area contributed by atoms with Gasteiger partial charge in [-0.3, -0.25) is 0 Å². The number of carbonyl (C=O) groups is 1. The molecule has 60 valence electrons. The van der Waals surface area contributed by atoms with Gasteiger partial charge in [-0.2, -0.15) is 0 Å². The van der Waals surface area contributed by atoms with E-state index < -0.39 is 0 Å². The minimum Gasteiger partial charge on any atom is -0.466 e. The number of fused-ring (bicyclic) bond motifs is 1. The van der Waals surface area contributed by atoms with E-state index in [2.05, 4.69) is 4.74 Å². The van der Waals surface area contributed by atoms with Gasteiger partial charge < -0.3 is 9.47 Å². The average Bonchev–Trinajstić information content (AvgIpc) is 2.80. The van der Waals surface area contributed by atoms with Gasteiger partial charge in [0.1, 0.15) is 6.10 Å². The molecule has 2 atom stereocenters. The maximum atomic E-state index is 11.0. The molecule has 0 amide bonds. The molecule has 1 aliphatic heterocycles. The van der Waals surface area contributed by atoms with Gasteiger partial charge in [0.15, 0.2) is 0 Å². The van der Waals surface area contributed by atoms with E-state index in [0.717, 1.165) is 18.4 Å². The monoisotopic (exact) mass is 154 g/mol. The molecule has 1 aliphatic carbocycles. The first-order valence-electron chi connectivity index (χ1n) is 3.76. The summed E-state index contributed by atoms with van der Waals surface area (Å²) in [6.45, 7) is 0. The van der Waals surface area contributed by atoms with Crippen LogP contribution in [0.5, 0.6) is 0 Å². The Balaban J connectivity index is 2.08. The molecule has 0 aromatic heterocycles.